The molecule has 0 aromatic heterocycles. The van der Waals surface area contributed by atoms with Crippen molar-refractivity contribution in [2.75, 3.05) is 0 Å². The third-order valence-corrected chi connectivity index (χ3v) is 0.941. The number of hydrogen-bond donors (Lipinski definition) is 0. The van der Waals surface area contributed by atoms with Gasteiger partial charge in [-0.15, -0.1) is 0 Å². The van der Waals surface area contributed by atoms with Crippen LogP contribution >= 0.6 is 11.6 Å². The third-order valence-electron chi connectivity index (χ3n) is 0.786. The first-order chi connectivity index (χ1) is 5.16. The standard InChI is InChI=1S/C8H9ClO2/c1-3-8(10)11-6-4-5-7(2)9/h3-4,6H,1-2,5H2. The maximum Gasteiger partial charge on any atom is 0.334 e. The minimum atomic E-state index is -0.485. The number of halogens is 1. The number of carbonyl (C=O) groups is 1. The van der Waals surface area contributed by atoms with E-state index in [2.05, 4.69) is 17.9 Å². The lowest BCUT2D eigenvalue weighted by molar-refractivity contribution is -0.132. The van der Waals surface area contributed by atoms with Crippen LogP contribution in [0, 0.1) is 0 Å². The maximum absolute atomic E-state index is 10.4. The fourth-order valence-electron chi connectivity index (χ4n) is 0.339. The fourth-order valence-corrected chi connectivity index (χ4v) is 0.428. The van der Waals surface area contributed by atoms with E-state index in [-0.39, 0.29) is 0 Å². The van der Waals surface area contributed by atoms with Gasteiger partial charge in [-0.25, -0.2) is 4.79 Å². The van der Waals surface area contributed by atoms with E-state index in [1.807, 2.05) is 0 Å². The minimum Gasteiger partial charge on any atom is -0.432 e. The van der Waals surface area contributed by atoms with E-state index in [0.29, 0.717) is 11.5 Å². The van der Waals surface area contributed by atoms with Gasteiger partial charge in [-0.05, 0) is 6.08 Å². The van der Waals surface area contributed by atoms with Crippen LogP contribution in [0.4, 0.5) is 0 Å². The molecule has 0 amide bonds. The van der Waals surface area contributed by atoms with Gasteiger partial charge in [0.05, 0.1) is 6.26 Å². The Bertz CT molecular complexity index is 194. The Morgan fingerprint density at radius 1 is 1.64 bits per heavy atom. The van der Waals surface area contributed by atoms with Crippen LogP contribution in [0.3, 0.4) is 0 Å². The molecule has 3 heteroatoms. The Labute approximate surface area is 70.8 Å². The topological polar surface area (TPSA) is 26.3 Å². The lowest BCUT2D eigenvalue weighted by Crippen LogP contribution is -1.91. The lowest BCUT2D eigenvalue weighted by Gasteiger charge is -1.90. The highest BCUT2D eigenvalue weighted by atomic mass is 35.5. The van der Waals surface area contributed by atoms with Gasteiger partial charge in [-0.1, -0.05) is 24.8 Å². The Morgan fingerprint density at radius 3 is 2.73 bits per heavy atom. The average Bonchev–Trinajstić information content (AvgIpc) is 1.97. The molecule has 0 aliphatic rings. The van der Waals surface area contributed by atoms with Crippen molar-refractivity contribution in [1.29, 1.82) is 0 Å². The van der Waals surface area contributed by atoms with Crippen molar-refractivity contribution in [2.45, 2.75) is 6.42 Å². The predicted octanol–water partition coefficient (Wildman–Crippen LogP) is 2.37. The number of hydrogen-bond acceptors (Lipinski definition) is 2. The Morgan fingerprint density at radius 2 is 2.27 bits per heavy atom. The molecule has 0 fully saturated rings. The number of allylic oxidation sites excluding steroid dienone is 2. The number of ether oxygens (including phenoxy) is 1. The van der Waals surface area contributed by atoms with E-state index in [0.717, 1.165) is 6.08 Å². The van der Waals surface area contributed by atoms with E-state index in [9.17, 15) is 4.79 Å². The van der Waals surface area contributed by atoms with Gasteiger partial charge >= 0.3 is 5.97 Å². The van der Waals surface area contributed by atoms with Gasteiger partial charge in [0.15, 0.2) is 0 Å². The SMILES string of the molecule is C=CC(=O)OC=CCC(=C)Cl. The predicted molar refractivity (Wildman–Crippen MR) is 45.0 cm³/mol. The molecule has 0 saturated carbocycles. The summed E-state index contributed by atoms with van der Waals surface area (Å²) in [5.74, 6) is -0.485. The van der Waals surface area contributed by atoms with Gasteiger partial charge < -0.3 is 4.74 Å². The second-order valence-electron chi connectivity index (χ2n) is 1.73. The molecule has 0 bridgehead atoms. The molecule has 0 aliphatic heterocycles. The minimum absolute atomic E-state index is 0.485. The van der Waals surface area contributed by atoms with Gasteiger partial charge in [-0.2, -0.15) is 0 Å². The fraction of sp³-hybridized carbons (Fsp3) is 0.125. The number of rotatable bonds is 4. The van der Waals surface area contributed by atoms with Crippen molar-refractivity contribution < 1.29 is 9.53 Å². The van der Waals surface area contributed by atoms with Crippen LogP contribution in [0.1, 0.15) is 6.42 Å². The molecule has 11 heavy (non-hydrogen) atoms. The highest BCUT2D eigenvalue weighted by molar-refractivity contribution is 6.29. The van der Waals surface area contributed by atoms with Crippen LogP contribution in [0.5, 0.6) is 0 Å². The van der Waals surface area contributed by atoms with E-state index < -0.39 is 5.97 Å². The summed E-state index contributed by atoms with van der Waals surface area (Å²) in [5, 5.41) is 0.496. The molecular formula is C8H9ClO2. The number of carbonyl (C=O) groups excluding carboxylic acids is 1. The normalized spacial score (nSPS) is 9.55. The van der Waals surface area contributed by atoms with E-state index in [1.165, 1.54) is 6.26 Å². The molecule has 0 saturated heterocycles. The average molecular weight is 173 g/mol. The first-order valence-corrected chi connectivity index (χ1v) is 3.36. The van der Waals surface area contributed by atoms with Crippen LogP contribution in [-0.2, 0) is 9.53 Å². The second kappa shape index (κ2) is 5.74. The van der Waals surface area contributed by atoms with Crippen molar-refractivity contribution in [2.24, 2.45) is 0 Å². The summed E-state index contributed by atoms with van der Waals surface area (Å²) >= 11 is 5.42. The monoisotopic (exact) mass is 172 g/mol. The van der Waals surface area contributed by atoms with Gasteiger partial charge in [-0.3, -0.25) is 0 Å². The molecule has 0 radical (unpaired) electrons. The summed E-state index contributed by atoms with van der Waals surface area (Å²) in [6.45, 7) is 6.67. The maximum atomic E-state index is 10.4. The first-order valence-electron chi connectivity index (χ1n) is 2.98. The molecule has 0 aromatic carbocycles. The van der Waals surface area contributed by atoms with Crippen LogP contribution in [0.25, 0.3) is 0 Å². The van der Waals surface area contributed by atoms with E-state index in [4.69, 9.17) is 11.6 Å². The second-order valence-corrected chi connectivity index (χ2v) is 2.27. The Balaban J connectivity index is 3.52. The molecule has 60 valence electrons. The quantitative estimate of drug-likeness (QED) is 0.370. The molecule has 0 N–H and O–H groups in total. The molecular weight excluding hydrogens is 164 g/mol. The summed E-state index contributed by atoms with van der Waals surface area (Å²) < 4.78 is 4.50. The zero-order chi connectivity index (χ0) is 8.69. The first kappa shape index (κ1) is 9.98. The molecule has 0 rings (SSSR count). The van der Waals surface area contributed by atoms with Gasteiger partial charge in [0.25, 0.3) is 0 Å². The van der Waals surface area contributed by atoms with Crippen LogP contribution in [0.2, 0.25) is 0 Å². The van der Waals surface area contributed by atoms with Crippen molar-refractivity contribution in [3.63, 3.8) is 0 Å². The molecule has 0 unspecified atom stereocenters. The lowest BCUT2D eigenvalue weighted by atomic mass is 10.4. The van der Waals surface area contributed by atoms with Crippen LogP contribution in [0.15, 0.2) is 36.6 Å². The Kier molecular flexibility index (Phi) is 5.21. The summed E-state index contributed by atoms with van der Waals surface area (Å²) in [6, 6.07) is 0. The van der Waals surface area contributed by atoms with Gasteiger partial charge in [0.2, 0.25) is 0 Å². The highest BCUT2D eigenvalue weighted by Crippen LogP contribution is 2.03. The molecule has 0 spiro atoms. The summed E-state index contributed by atoms with van der Waals surface area (Å²) in [5.41, 5.74) is 0. The summed E-state index contributed by atoms with van der Waals surface area (Å²) in [7, 11) is 0. The zero-order valence-corrected chi connectivity index (χ0v) is 6.80. The van der Waals surface area contributed by atoms with Crippen LogP contribution < -0.4 is 0 Å². The third kappa shape index (κ3) is 6.87. The molecule has 0 heterocycles. The zero-order valence-electron chi connectivity index (χ0n) is 6.05. The number of esters is 1. The highest BCUT2D eigenvalue weighted by Gasteiger charge is 1.88. The molecule has 0 atom stereocenters. The Hall–Kier alpha value is -1.02. The van der Waals surface area contributed by atoms with Crippen LogP contribution in [-0.4, -0.2) is 5.97 Å². The summed E-state index contributed by atoms with van der Waals surface area (Å²) in [4.78, 5) is 10.4. The van der Waals surface area contributed by atoms with Gasteiger partial charge in [0.1, 0.15) is 0 Å². The smallest absolute Gasteiger partial charge is 0.334 e. The molecule has 0 aliphatic carbocycles. The summed E-state index contributed by atoms with van der Waals surface area (Å²) in [6.07, 6.45) is 4.43. The van der Waals surface area contributed by atoms with Crippen molar-refractivity contribution in [3.05, 3.63) is 36.6 Å². The van der Waals surface area contributed by atoms with Gasteiger partial charge in [0, 0.05) is 17.5 Å². The van der Waals surface area contributed by atoms with E-state index >= 15 is 0 Å². The van der Waals surface area contributed by atoms with Crippen molar-refractivity contribution in [1.82, 2.24) is 0 Å². The molecule has 0 aromatic rings. The molecule has 2 nitrogen and oxygen atoms in total. The van der Waals surface area contributed by atoms with E-state index in [1.54, 1.807) is 6.08 Å². The van der Waals surface area contributed by atoms with Crippen molar-refractivity contribution >= 4 is 17.6 Å². The largest absolute Gasteiger partial charge is 0.432 e. The van der Waals surface area contributed by atoms with Crippen molar-refractivity contribution in [3.8, 4) is 0 Å².